The molecule has 2 atom stereocenters. The number of pyridine rings is 1. The Labute approximate surface area is 202 Å². The fourth-order valence-electron chi connectivity index (χ4n) is 5.12. The first kappa shape index (κ1) is 21.5. The van der Waals surface area contributed by atoms with E-state index in [9.17, 15) is 9.18 Å². The standard InChI is InChI=1S/C27H25FN6O/c1-18-25(27(35)33-16-14-32(15-17-33)21-9-7-20(28)8-10-21)26(34-24(30-18)12-13-29-34)23-11-6-19-4-2-3-5-22(19)31-23/h2-13,25-26H,14-17H2,1H3. The average molecular weight is 469 g/mol. The first-order chi connectivity index (χ1) is 17.1. The summed E-state index contributed by atoms with van der Waals surface area (Å²) in [6, 6.07) is 20.0. The SMILES string of the molecule is CC1=Nc2ccnn2C(c2ccc3ccccc3n2)C1C(=O)N1CCN(c2ccc(F)cc2)CC1. The Hall–Kier alpha value is -4.07. The van der Waals surface area contributed by atoms with Crippen molar-refractivity contribution in [1.29, 1.82) is 0 Å². The van der Waals surface area contributed by atoms with Gasteiger partial charge in [0.2, 0.25) is 5.91 Å². The van der Waals surface area contributed by atoms with Crippen molar-refractivity contribution in [3.05, 3.63) is 84.4 Å². The number of para-hydroxylation sites is 1. The number of amides is 1. The van der Waals surface area contributed by atoms with Crippen LogP contribution >= 0.6 is 0 Å². The molecule has 2 aliphatic heterocycles. The maximum atomic E-state index is 13.9. The van der Waals surface area contributed by atoms with E-state index >= 15 is 0 Å². The number of hydrogen-bond acceptors (Lipinski definition) is 5. The van der Waals surface area contributed by atoms with Gasteiger partial charge in [-0.25, -0.2) is 14.1 Å². The summed E-state index contributed by atoms with van der Waals surface area (Å²) in [6.45, 7) is 4.47. The third-order valence-corrected chi connectivity index (χ3v) is 6.94. The van der Waals surface area contributed by atoms with Crippen molar-refractivity contribution in [3.63, 3.8) is 0 Å². The number of aromatic nitrogens is 3. The van der Waals surface area contributed by atoms with E-state index < -0.39 is 5.92 Å². The largest absolute Gasteiger partial charge is 0.368 e. The molecule has 2 aromatic heterocycles. The monoisotopic (exact) mass is 468 g/mol. The molecule has 2 aromatic carbocycles. The van der Waals surface area contributed by atoms with Crippen molar-refractivity contribution in [2.45, 2.75) is 13.0 Å². The molecule has 2 aliphatic rings. The quantitative estimate of drug-likeness (QED) is 0.451. The van der Waals surface area contributed by atoms with Gasteiger partial charge in [0, 0.05) is 49.0 Å². The van der Waals surface area contributed by atoms with Crippen molar-refractivity contribution in [2.24, 2.45) is 10.9 Å². The van der Waals surface area contributed by atoms with Crippen LogP contribution in [0, 0.1) is 11.7 Å². The molecule has 7 nitrogen and oxygen atoms in total. The summed E-state index contributed by atoms with van der Waals surface area (Å²) in [5.74, 6) is 0.0214. The Kier molecular flexibility index (Phi) is 5.28. The van der Waals surface area contributed by atoms with E-state index in [1.807, 2.05) is 59.0 Å². The Bertz CT molecular complexity index is 1420. The van der Waals surface area contributed by atoms with Crippen molar-refractivity contribution < 1.29 is 9.18 Å². The Morgan fingerprint density at radius 1 is 0.943 bits per heavy atom. The van der Waals surface area contributed by atoms with Gasteiger partial charge in [0.1, 0.15) is 17.8 Å². The Morgan fingerprint density at radius 3 is 2.51 bits per heavy atom. The zero-order valence-corrected chi connectivity index (χ0v) is 19.4. The third-order valence-electron chi connectivity index (χ3n) is 6.94. The summed E-state index contributed by atoms with van der Waals surface area (Å²) >= 11 is 0. The average Bonchev–Trinajstić information content (AvgIpc) is 3.36. The molecular weight excluding hydrogens is 443 g/mol. The lowest BCUT2D eigenvalue weighted by Gasteiger charge is -2.39. The highest BCUT2D eigenvalue weighted by Gasteiger charge is 2.41. The van der Waals surface area contributed by atoms with Gasteiger partial charge in [-0.05, 0) is 43.3 Å². The van der Waals surface area contributed by atoms with E-state index in [1.54, 1.807) is 18.3 Å². The molecular formula is C27H25FN6O. The third kappa shape index (κ3) is 3.84. The predicted octanol–water partition coefficient (Wildman–Crippen LogP) is 4.23. The topological polar surface area (TPSA) is 66.6 Å². The van der Waals surface area contributed by atoms with E-state index in [-0.39, 0.29) is 17.8 Å². The normalized spacial score (nSPS) is 20.0. The van der Waals surface area contributed by atoms with Crippen molar-refractivity contribution in [1.82, 2.24) is 19.7 Å². The van der Waals surface area contributed by atoms with Crippen LogP contribution in [0.25, 0.3) is 10.9 Å². The first-order valence-electron chi connectivity index (χ1n) is 11.8. The van der Waals surface area contributed by atoms with Crippen LogP contribution in [-0.2, 0) is 4.79 Å². The van der Waals surface area contributed by atoms with Crippen LogP contribution in [0.5, 0.6) is 0 Å². The van der Waals surface area contributed by atoms with Crippen molar-refractivity contribution in [3.8, 4) is 0 Å². The van der Waals surface area contributed by atoms with Gasteiger partial charge < -0.3 is 9.80 Å². The van der Waals surface area contributed by atoms with E-state index in [1.165, 1.54) is 12.1 Å². The number of carbonyl (C=O) groups is 1. The molecule has 0 radical (unpaired) electrons. The molecule has 35 heavy (non-hydrogen) atoms. The first-order valence-corrected chi connectivity index (χ1v) is 11.8. The highest BCUT2D eigenvalue weighted by molar-refractivity contribution is 6.05. The molecule has 1 amide bonds. The second-order valence-corrected chi connectivity index (χ2v) is 9.03. The van der Waals surface area contributed by atoms with Crippen LogP contribution in [0.15, 0.2) is 77.9 Å². The number of nitrogens with zero attached hydrogens (tertiary/aromatic N) is 6. The number of aliphatic imine (C=N–C) groups is 1. The molecule has 1 saturated heterocycles. The van der Waals surface area contributed by atoms with E-state index in [0.717, 1.165) is 33.8 Å². The molecule has 2 unspecified atom stereocenters. The minimum Gasteiger partial charge on any atom is -0.368 e. The number of rotatable bonds is 3. The van der Waals surface area contributed by atoms with Gasteiger partial charge in [0.15, 0.2) is 5.82 Å². The molecule has 0 aliphatic carbocycles. The molecule has 6 rings (SSSR count). The van der Waals surface area contributed by atoms with Gasteiger partial charge in [-0.15, -0.1) is 0 Å². The minimum atomic E-state index is -0.492. The maximum Gasteiger partial charge on any atom is 0.234 e. The zero-order valence-electron chi connectivity index (χ0n) is 19.4. The lowest BCUT2D eigenvalue weighted by atomic mass is 9.89. The number of halogens is 1. The van der Waals surface area contributed by atoms with Gasteiger partial charge in [0.05, 0.1) is 17.4 Å². The molecule has 0 saturated carbocycles. The van der Waals surface area contributed by atoms with Gasteiger partial charge in [-0.1, -0.05) is 24.3 Å². The molecule has 8 heteroatoms. The van der Waals surface area contributed by atoms with Crippen LogP contribution in [-0.4, -0.2) is 57.5 Å². The lowest BCUT2D eigenvalue weighted by molar-refractivity contribution is -0.134. The van der Waals surface area contributed by atoms with Crippen LogP contribution in [0.2, 0.25) is 0 Å². The smallest absolute Gasteiger partial charge is 0.234 e. The van der Waals surface area contributed by atoms with Crippen LogP contribution < -0.4 is 4.90 Å². The van der Waals surface area contributed by atoms with E-state index in [0.29, 0.717) is 26.2 Å². The van der Waals surface area contributed by atoms with Gasteiger partial charge in [-0.2, -0.15) is 5.10 Å². The molecule has 176 valence electrons. The Balaban J connectivity index is 1.30. The number of benzene rings is 2. The molecule has 4 aromatic rings. The molecule has 0 bridgehead atoms. The van der Waals surface area contributed by atoms with Crippen LogP contribution in [0.3, 0.4) is 0 Å². The highest BCUT2D eigenvalue weighted by Crippen LogP contribution is 2.37. The number of piperazine rings is 1. The van der Waals surface area contributed by atoms with Crippen LogP contribution in [0.4, 0.5) is 15.9 Å². The molecule has 1 fully saturated rings. The summed E-state index contributed by atoms with van der Waals surface area (Å²) in [4.78, 5) is 27.7. The van der Waals surface area contributed by atoms with Crippen molar-refractivity contribution >= 4 is 34.0 Å². The summed E-state index contributed by atoms with van der Waals surface area (Å²) in [7, 11) is 0. The number of carbonyl (C=O) groups excluding carboxylic acids is 1. The fraction of sp³-hybridized carbons (Fsp3) is 0.259. The second-order valence-electron chi connectivity index (χ2n) is 9.03. The number of fused-ring (bicyclic) bond motifs is 2. The lowest BCUT2D eigenvalue weighted by Crippen LogP contribution is -2.53. The van der Waals surface area contributed by atoms with Gasteiger partial charge in [0.25, 0.3) is 0 Å². The molecule has 4 heterocycles. The molecule has 0 N–H and O–H groups in total. The van der Waals surface area contributed by atoms with E-state index in [4.69, 9.17) is 9.98 Å². The summed E-state index contributed by atoms with van der Waals surface area (Å²) in [5, 5.41) is 5.58. The van der Waals surface area contributed by atoms with Crippen LogP contribution in [0.1, 0.15) is 18.7 Å². The number of hydrogen-bond donors (Lipinski definition) is 0. The summed E-state index contributed by atoms with van der Waals surface area (Å²) < 4.78 is 15.1. The predicted molar refractivity (Wildman–Crippen MR) is 134 cm³/mol. The Morgan fingerprint density at radius 2 is 1.71 bits per heavy atom. The molecule has 0 spiro atoms. The summed E-state index contributed by atoms with van der Waals surface area (Å²) in [5.41, 5.74) is 3.42. The number of anilines is 1. The zero-order chi connectivity index (χ0) is 23.9. The fourth-order valence-corrected chi connectivity index (χ4v) is 5.12. The summed E-state index contributed by atoms with van der Waals surface area (Å²) in [6.07, 6.45) is 1.72. The van der Waals surface area contributed by atoms with E-state index in [2.05, 4.69) is 10.00 Å². The van der Waals surface area contributed by atoms with Gasteiger partial charge >= 0.3 is 0 Å². The maximum absolute atomic E-state index is 13.9. The second kappa shape index (κ2) is 8.61. The highest BCUT2D eigenvalue weighted by atomic mass is 19.1. The van der Waals surface area contributed by atoms with Crippen molar-refractivity contribution in [2.75, 3.05) is 31.1 Å². The van der Waals surface area contributed by atoms with Gasteiger partial charge in [-0.3, -0.25) is 9.78 Å². The minimum absolute atomic E-state index is 0.0334.